The van der Waals surface area contributed by atoms with Crippen molar-refractivity contribution in [2.45, 2.75) is 51.4 Å². The average molecular weight is 826 g/mol. The molecule has 8 aliphatic rings. The monoisotopic (exact) mass is 826 g/mol. The Morgan fingerprint density at radius 3 is 0.750 bits per heavy atom. The van der Waals surface area contributed by atoms with E-state index in [4.69, 9.17) is 0 Å². The Morgan fingerprint density at radius 2 is 0.545 bits per heavy atom. The maximum absolute atomic E-state index is 4.33. The first-order valence-corrected chi connectivity index (χ1v) is 15.7. The van der Waals surface area contributed by atoms with Crippen molar-refractivity contribution in [2.24, 2.45) is 20.0 Å². The van der Waals surface area contributed by atoms with Crippen LogP contribution in [0.3, 0.4) is 0 Å². The van der Waals surface area contributed by atoms with Gasteiger partial charge in [-0.15, -0.1) is 0 Å². The van der Waals surface area contributed by atoms with E-state index in [0.29, 0.717) is 0 Å². The Bertz CT molecular complexity index is 779. The maximum atomic E-state index is 4.33. The van der Waals surface area contributed by atoms with E-state index in [2.05, 4.69) is 60.8 Å². The van der Waals surface area contributed by atoms with Crippen LogP contribution in [0.5, 0.6) is 0 Å². The summed E-state index contributed by atoms with van der Waals surface area (Å²) in [5, 5.41) is 17.3. The molecule has 0 aliphatic carbocycles. The standard InChI is InChI=1S/4C7H12N3.2ClH.2Ru/c4*1-3-8-7-9-4-2-6-10(7)5-1;;;;/h4*1-6H2;2*1H;;/q4*-1;;;2*+3/p-2. The molecule has 16 heteroatoms. The SMILES string of the molecule is C1CN=C2[N-]CCCN2C1.C1CN=C2[N-]CCCN2C1.C1CN=C2[N-]CCCN2C1.C1CN=C2[N-]CCCN2C1.[Cl-].[Cl-].[Ru+3].[Ru+3]. The predicted octanol–water partition coefficient (Wildman–Crippen LogP) is -2.69. The summed E-state index contributed by atoms with van der Waals surface area (Å²) in [7, 11) is 0. The zero-order valence-corrected chi connectivity index (χ0v) is 30.8. The van der Waals surface area contributed by atoms with Gasteiger partial charge in [-0.3, -0.25) is 0 Å². The van der Waals surface area contributed by atoms with Gasteiger partial charge in [0.25, 0.3) is 0 Å². The van der Waals surface area contributed by atoms with Gasteiger partial charge in [-0.25, -0.2) is 0 Å². The van der Waals surface area contributed by atoms with Crippen molar-refractivity contribution in [1.29, 1.82) is 0 Å². The Hall–Kier alpha value is -1.09. The molecule has 8 aliphatic heterocycles. The second-order valence-corrected chi connectivity index (χ2v) is 11.0. The summed E-state index contributed by atoms with van der Waals surface area (Å²) in [5.74, 6) is 4.05. The van der Waals surface area contributed by atoms with Crippen LogP contribution < -0.4 is 24.8 Å². The van der Waals surface area contributed by atoms with E-state index < -0.39 is 0 Å². The van der Waals surface area contributed by atoms with Gasteiger partial charge in [-0.05, 0) is 156 Å². The molecule has 250 valence electrons. The smallest absolute Gasteiger partial charge is 1.00 e. The minimum Gasteiger partial charge on any atom is -1.00 e. The van der Waals surface area contributed by atoms with E-state index in [-0.39, 0.29) is 63.8 Å². The van der Waals surface area contributed by atoms with Crippen molar-refractivity contribution in [1.82, 2.24) is 19.6 Å². The van der Waals surface area contributed by atoms with Gasteiger partial charge in [-0.2, -0.15) is 0 Å². The largest absolute Gasteiger partial charge is 3.00 e. The number of hydrogen-bond acceptors (Lipinski definition) is 8. The zero-order chi connectivity index (χ0) is 27.2. The third-order valence-electron chi connectivity index (χ3n) is 7.85. The van der Waals surface area contributed by atoms with Crippen molar-refractivity contribution in [3.63, 3.8) is 0 Å². The summed E-state index contributed by atoms with van der Waals surface area (Å²) >= 11 is 0. The molecule has 0 saturated carbocycles. The summed E-state index contributed by atoms with van der Waals surface area (Å²) < 4.78 is 0. The fraction of sp³-hybridized carbons (Fsp3) is 0.857. The number of rotatable bonds is 0. The molecule has 4 saturated heterocycles. The number of hydrogen-bond donors (Lipinski definition) is 0. The molecule has 0 unspecified atom stereocenters. The molecule has 0 N–H and O–H groups in total. The normalized spacial score (nSPS) is 22.5. The van der Waals surface area contributed by atoms with Gasteiger partial charge in [-0.1, -0.05) is 0 Å². The van der Waals surface area contributed by atoms with Crippen molar-refractivity contribution in [3.8, 4) is 0 Å². The molecule has 0 amide bonds. The number of fused-ring (bicyclic) bond motifs is 4. The van der Waals surface area contributed by atoms with Gasteiger partial charge in [0.2, 0.25) is 0 Å². The molecule has 0 aromatic heterocycles. The fourth-order valence-electron chi connectivity index (χ4n) is 5.77. The quantitative estimate of drug-likeness (QED) is 0.248. The minimum atomic E-state index is 0. The van der Waals surface area contributed by atoms with Gasteiger partial charge in [0.15, 0.2) is 0 Å². The fourth-order valence-corrected chi connectivity index (χ4v) is 5.77. The van der Waals surface area contributed by atoms with E-state index >= 15 is 0 Å². The minimum absolute atomic E-state index is 0. The molecular weight excluding hydrogens is 777 g/mol. The molecular formula is C28H48Cl2N12Ru2. The molecule has 44 heavy (non-hydrogen) atoms. The van der Waals surface area contributed by atoms with Crippen LogP contribution in [0.2, 0.25) is 0 Å². The van der Waals surface area contributed by atoms with Gasteiger partial charge in [0.1, 0.15) is 0 Å². The third kappa shape index (κ3) is 13.0. The molecule has 8 heterocycles. The molecule has 8 rings (SSSR count). The Kier molecular flexibility index (Phi) is 21.6. The molecule has 12 nitrogen and oxygen atoms in total. The first kappa shape index (κ1) is 40.9. The molecule has 0 spiro atoms. The van der Waals surface area contributed by atoms with E-state index in [1.54, 1.807) is 0 Å². The second-order valence-electron chi connectivity index (χ2n) is 11.0. The van der Waals surface area contributed by atoms with Crippen LogP contribution >= 0.6 is 0 Å². The Balaban J connectivity index is 0.000000285. The molecule has 0 bridgehead atoms. The Labute approximate surface area is 302 Å². The second kappa shape index (κ2) is 23.3. The van der Waals surface area contributed by atoms with Crippen LogP contribution in [-0.4, -0.2) is 148 Å². The summed E-state index contributed by atoms with van der Waals surface area (Å²) in [4.78, 5) is 26.4. The van der Waals surface area contributed by atoms with Gasteiger partial charge in [0, 0.05) is 23.8 Å². The van der Waals surface area contributed by atoms with Gasteiger partial charge < -0.3 is 85.7 Å². The summed E-state index contributed by atoms with van der Waals surface area (Å²) in [6.07, 6.45) is 9.66. The van der Waals surface area contributed by atoms with Crippen LogP contribution in [0.15, 0.2) is 20.0 Å². The predicted molar refractivity (Wildman–Crippen MR) is 165 cm³/mol. The number of nitrogens with zero attached hydrogens (tertiary/aromatic N) is 12. The van der Waals surface area contributed by atoms with E-state index in [1.807, 2.05) is 0 Å². The summed E-state index contributed by atoms with van der Waals surface area (Å²) in [6.45, 7) is 17.2. The first-order valence-electron chi connectivity index (χ1n) is 15.7. The van der Waals surface area contributed by atoms with Crippen LogP contribution in [-0.2, 0) is 39.0 Å². The van der Waals surface area contributed by atoms with Crippen molar-refractivity contribution >= 4 is 23.8 Å². The van der Waals surface area contributed by atoms with Crippen LogP contribution in [0.4, 0.5) is 0 Å². The first-order chi connectivity index (χ1) is 19.9. The maximum Gasteiger partial charge on any atom is 3.00 e. The summed E-state index contributed by atoms with van der Waals surface area (Å²) in [6, 6.07) is 0. The van der Waals surface area contributed by atoms with Crippen molar-refractivity contribution < 1.29 is 63.8 Å². The number of aliphatic imine (C=N–C) groups is 4. The molecule has 2 radical (unpaired) electrons. The average Bonchev–Trinajstić information content (AvgIpc) is 3.06. The molecule has 0 aromatic carbocycles. The molecule has 0 atom stereocenters. The van der Waals surface area contributed by atoms with Crippen molar-refractivity contribution in [2.75, 3.05) is 105 Å². The summed E-state index contributed by atoms with van der Waals surface area (Å²) in [5.41, 5.74) is 0. The van der Waals surface area contributed by atoms with Gasteiger partial charge >= 0.3 is 39.0 Å². The number of halogens is 2. The van der Waals surface area contributed by atoms with Crippen molar-refractivity contribution in [3.05, 3.63) is 21.3 Å². The zero-order valence-electron chi connectivity index (χ0n) is 25.8. The van der Waals surface area contributed by atoms with Crippen LogP contribution in [0.25, 0.3) is 21.3 Å². The molecule has 4 fully saturated rings. The third-order valence-corrected chi connectivity index (χ3v) is 7.85. The van der Waals surface area contributed by atoms with E-state index in [0.717, 1.165) is 76.2 Å². The van der Waals surface area contributed by atoms with E-state index in [1.165, 1.54) is 104 Å². The van der Waals surface area contributed by atoms with Gasteiger partial charge in [0.05, 0.1) is 0 Å². The van der Waals surface area contributed by atoms with Crippen LogP contribution in [0.1, 0.15) is 51.4 Å². The molecule has 0 aromatic rings. The van der Waals surface area contributed by atoms with E-state index in [9.17, 15) is 0 Å². The Morgan fingerprint density at radius 1 is 0.341 bits per heavy atom. The van der Waals surface area contributed by atoms with Crippen LogP contribution in [0, 0.1) is 0 Å². The topological polar surface area (TPSA) is 119 Å². The number of guanidine groups is 4.